The Hall–Kier alpha value is -2.30. The van der Waals surface area contributed by atoms with E-state index in [9.17, 15) is 9.59 Å². The van der Waals surface area contributed by atoms with Crippen molar-refractivity contribution in [1.29, 1.82) is 0 Å². The molecule has 1 amide bonds. The topological polar surface area (TPSA) is 55.8 Å². The molecule has 1 aromatic rings. The van der Waals surface area contributed by atoms with Crippen LogP contribution in [0.1, 0.15) is 37.0 Å². The molecule has 0 atom stereocenters. The van der Waals surface area contributed by atoms with E-state index in [4.69, 9.17) is 9.47 Å². The Morgan fingerprint density at radius 2 is 1.79 bits per heavy atom. The molecule has 5 heteroatoms. The van der Waals surface area contributed by atoms with Crippen LogP contribution in [0.15, 0.2) is 18.2 Å². The minimum absolute atomic E-state index is 0.114. The summed E-state index contributed by atoms with van der Waals surface area (Å²) in [7, 11) is 1.63. The van der Waals surface area contributed by atoms with E-state index in [2.05, 4.69) is 0 Å². The molecule has 0 bridgehead atoms. The van der Waals surface area contributed by atoms with Crippen molar-refractivity contribution in [3.8, 4) is 5.75 Å². The second-order valence-corrected chi connectivity index (χ2v) is 5.48. The van der Waals surface area contributed by atoms with E-state index in [1.54, 1.807) is 25.0 Å². The van der Waals surface area contributed by atoms with Gasteiger partial charge in [0.2, 0.25) is 5.91 Å². The van der Waals surface area contributed by atoms with E-state index >= 15 is 0 Å². The summed E-state index contributed by atoms with van der Waals surface area (Å²) in [6.45, 7) is 8.89. The number of amides is 1. The lowest BCUT2D eigenvalue weighted by Gasteiger charge is -2.18. The highest BCUT2D eigenvalue weighted by atomic mass is 16.5. The zero-order valence-electron chi connectivity index (χ0n) is 15.2. The molecular formula is C19H27NO4. The molecule has 24 heavy (non-hydrogen) atoms. The first-order valence-electron chi connectivity index (χ1n) is 8.20. The van der Waals surface area contributed by atoms with Crippen molar-refractivity contribution in [2.45, 2.75) is 34.1 Å². The van der Waals surface area contributed by atoms with Crippen molar-refractivity contribution >= 4 is 18.0 Å². The number of likely N-dealkylation sites (N-methyl/N-ethyl adjacent to an activating group) is 1. The summed E-state index contributed by atoms with van der Waals surface area (Å²) in [5, 5.41) is 0. The second-order valence-electron chi connectivity index (χ2n) is 5.48. The van der Waals surface area contributed by atoms with Crippen LogP contribution in [-0.2, 0) is 14.3 Å². The van der Waals surface area contributed by atoms with Crippen LogP contribution in [0.4, 0.5) is 0 Å². The molecule has 0 saturated heterocycles. The van der Waals surface area contributed by atoms with Crippen LogP contribution in [0.2, 0.25) is 0 Å². The van der Waals surface area contributed by atoms with Crippen molar-refractivity contribution in [2.24, 2.45) is 0 Å². The normalized spacial score (nSPS) is 10.7. The van der Waals surface area contributed by atoms with Crippen LogP contribution in [-0.4, -0.2) is 43.6 Å². The van der Waals surface area contributed by atoms with Gasteiger partial charge in [0.05, 0.1) is 20.1 Å². The lowest BCUT2D eigenvalue weighted by Crippen LogP contribution is -2.31. The molecule has 0 unspecified atom stereocenters. The maximum Gasteiger partial charge on any atom is 0.307 e. The van der Waals surface area contributed by atoms with Gasteiger partial charge in [0.15, 0.2) is 0 Å². The zero-order chi connectivity index (χ0) is 18.1. The van der Waals surface area contributed by atoms with Gasteiger partial charge in [-0.25, -0.2) is 0 Å². The third kappa shape index (κ3) is 5.72. The van der Waals surface area contributed by atoms with E-state index in [-0.39, 0.29) is 18.3 Å². The molecule has 0 aliphatic rings. The SMILES string of the molecule is CCOC(=O)CCN(CC)C(=O)/C=C/c1c(C)cc(OC)cc1C. The number of carbonyl (C=O) groups is 2. The van der Waals surface area contributed by atoms with Gasteiger partial charge in [0, 0.05) is 19.2 Å². The fraction of sp³-hybridized carbons (Fsp3) is 0.474. The largest absolute Gasteiger partial charge is 0.497 e. The third-order valence-corrected chi connectivity index (χ3v) is 3.78. The maximum atomic E-state index is 12.3. The van der Waals surface area contributed by atoms with Crippen LogP contribution in [0.3, 0.4) is 0 Å². The molecule has 0 spiro atoms. The van der Waals surface area contributed by atoms with Crippen molar-refractivity contribution in [2.75, 3.05) is 26.8 Å². The molecule has 0 heterocycles. The molecule has 1 rings (SSSR count). The van der Waals surface area contributed by atoms with Gasteiger partial charge >= 0.3 is 5.97 Å². The Morgan fingerprint density at radius 3 is 2.29 bits per heavy atom. The summed E-state index contributed by atoms with van der Waals surface area (Å²) in [6, 6.07) is 3.88. The molecule has 0 N–H and O–H groups in total. The van der Waals surface area contributed by atoms with Gasteiger partial charge < -0.3 is 14.4 Å². The smallest absolute Gasteiger partial charge is 0.307 e. The Labute approximate surface area is 144 Å². The number of hydrogen-bond donors (Lipinski definition) is 0. The fourth-order valence-electron chi connectivity index (χ4n) is 2.46. The Bertz CT molecular complexity index is 584. The van der Waals surface area contributed by atoms with Crippen molar-refractivity contribution in [3.63, 3.8) is 0 Å². The molecule has 0 radical (unpaired) electrons. The molecule has 0 fully saturated rings. The minimum Gasteiger partial charge on any atom is -0.497 e. The van der Waals surface area contributed by atoms with E-state index in [0.29, 0.717) is 19.7 Å². The van der Waals surface area contributed by atoms with Gasteiger partial charge in [-0.1, -0.05) is 0 Å². The average Bonchev–Trinajstić information content (AvgIpc) is 2.54. The number of hydrogen-bond acceptors (Lipinski definition) is 4. The summed E-state index contributed by atoms with van der Waals surface area (Å²) in [5.74, 6) is 0.407. The van der Waals surface area contributed by atoms with Gasteiger partial charge in [-0.2, -0.15) is 0 Å². The van der Waals surface area contributed by atoms with Gasteiger partial charge in [0.1, 0.15) is 5.75 Å². The fourth-order valence-corrected chi connectivity index (χ4v) is 2.46. The minimum atomic E-state index is -0.283. The average molecular weight is 333 g/mol. The van der Waals surface area contributed by atoms with Crippen LogP contribution in [0, 0.1) is 13.8 Å². The summed E-state index contributed by atoms with van der Waals surface area (Å²) in [5.41, 5.74) is 3.10. The number of aryl methyl sites for hydroxylation is 2. The van der Waals surface area contributed by atoms with E-state index < -0.39 is 0 Å². The first kappa shape index (κ1) is 19.7. The summed E-state index contributed by atoms with van der Waals surface area (Å²) < 4.78 is 10.1. The highest BCUT2D eigenvalue weighted by molar-refractivity contribution is 5.92. The molecule has 0 aliphatic heterocycles. The molecule has 132 valence electrons. The third-order valence-electron chi connectivity index (χ3n) is 3.78. The van der Waals surface area contributed by atoms with Gasteiger partial charge in [-0.3, -0.25) is 9.59 Å². The lowest BCUT2D eigenvalue weighted by molar-refractivity contribution is -0.143. The number of esters is 1. The van der Waals surface area contributed by atoms with Crippen LogP contribution in [0.5, 0.6) is 5.75 Å². The molecular weight excluding hydrogens is 306 g/mol. The standard InChI is InChI=1S/C19H27NO4/c1-6-20(11-10-19(22)24-7-2)18(21)9-8-17-14(3)12-16(23-5)13-15(17)4/h8-9,12-13H,6-7,10-11H2,1-5H3/b9-8+. The monoisotopic (exact) mass is 333 g/mol. The Balaban J connectivity index is 2.77. The number of methoxy groups -OCH3 is 1. The second kappa shape index (κ2) is 9.75. The van der Waals surface area contributed by atoms with Crippen molar-refractivity contribution < 1.29 is 19.1 Å². The summed E-state index contributed by atoms with van der Waals surface area (Å²) in [4.78, 5) is 25.4. The van der Waals surface area contributed by atoms with Crippen LogP contribution >= 0.6 is 0 Å². The number of rotatable bonds is 8. The number of ether oxygens (including phenoxy) is 2. The quantitative estimate of drug-likeness (QED) is 0.542. The number of nitrogens with zero attached hydrogens (tertiary/aromatic N) is 1. The molecule has 1 aromatic carbocycles. The highest BCUT2D eigenvalue weighted by Crippen LogP contribution is 2.22. The zero-order valence-corrected chi connectivity index (χ0v) is 15.2. The highest BCUT2D eigenvalue weighted by Gasteiger charge is 2.12. The lowest BCUT2D eigenvalue weighted by atomic mass is 10.0. The summed E-state index contributed by atoms with van der Waals surface area (Å²) >= 11 is 0. The summed E-state index contributed by atoms with van der Waals surface area (Å²) in [6.07, 6.45) is 3.58. The van der Waals surface area contributed by atoms with Gasteiger partial charge in [-0.15, -0.1) is 0 Å². The van der Waals surface area contributed by atoms with Gasteiger partial charge in [0.25, 0.3) is 0 Å². The molecule has 0 saturated carbocycles. The number of carbonyl (C=O) groups excluding carboxylic acids is 2. The first-order valence-corrected chi connectivity index (χ1v) is 8.20. The van der Waals surface area contributed by atoms with E-state index in [1.165, 1.54) is 0 Å². The van der Waals surface area contributed by atoms with Crippen molar-refractivity contribution in [1.82, 2.24) is 4.90 Å². The predicted molar refractivity (Wildman–Crippen MR) is 95.0 cm³/mol. The predicted octanol–water partition coefficient (Wildman–Crippen LogP) is 3.13. The van der Waals surface area contributed by atoms with Crippen LogP contribution in [0.25, 0.3) is 6.08 Å². The van der Waals surface area contributed by atoms with Gasteiger partial charge in [-0.05, 0) is 62.6 Å². The molecule has 0 aliphatic carbocycles. The molecule has 0 aromatic heterocycles. The van der Waals surface area contributed by atoms with Crippen molar-refractivity contribution in [3.05, 3.63) is 34.9 Å². The van der Waals surface area contributed by atoms with E-state index in [0.717, 1.165) is 22.4 Å². The Morgan fingerprint density at radius 1 is 1.17 bits per heavy atom. The van der Waals surface area contributed by atoms with E-state index in [1.807, 2.05) is 39.0 Å². The Kier molecular flexibility index (Phi) is 8.02. The maximum absolute atomic E-state index is 12.3. The first-order chi connectivity index (χ1) is 11.4. The number of benzene rings is 1. The van der Waals surface area contributed by atoms with Crippen LogP contribution < -0.4 is 4.74 Å². The molecule has 5 nitrogen and oxygen atoms in total.